The van der Waals surface area contributed by atoms with Crippen LogP contribution in [0.2, 0.25) is 0 Å². The standard InChI is InChI=1S/C24H20F4N4/c25-13-6-14-16(10-29-22(14)19(28)7-13)24-31-21-9-18(27)17(26)8-15(21)23(32-24)30-20-5-11-1-3-12(20)4-2-11/h6-12,20,29H,1-5H2,(H,30,31,32). The Bertz CT molecular complexity index is 1360. The quantitative estimate of drug-likeness (QED) is 0.366. The number of hydrogen-bond acceptors (Lipinski definition) is 3. The summed E-state index contributed by atoms with van der Waals surface area (Å²) in [6, 6.07) is 4.33. The Kier molecular flexibility index (Phi) is 4.38. The molecule has 0 amide bonds. The molecule has 1 unspecified atom stereocenters. The van der Waals surface area contributed by atoms with E-state index >= 15 is 0 Å². The summed E-state index contributed by atoms with van der Waals surface area (Å²) in [5, 5.41) is 4.14. The molecule has 164 valence electrons. The van der Waals surface area contributed by atoms with Crippen molar-refractivity contribution in [3.63, 3.8) is 0 Å². The van der Waals surface area contributed by atoms with Crippen LogP contribution in [0.1, 0.15) is 32.1 Å². The van der Waals surface area contributed by atoms with Crippen LogP contribution in [0, 0.1) is 35.1 Å². The third-order valence-corrected chi connectivity index (χ3v) is 7.05. The van der Waals surface area contributed by atoms with Gasteiger partial charge in [0, 0.05) is 40.7 Å². The molecule has 7 rings (SSSR count). The molecule has 0 radical (unpaired) electrons. The van der Waals surface area contributed by atoms with Crippen LogP contribution in [0.15, 0.2) is 30.5 Å². The summed E-state index contributed by atoms with van der Waals surface area (Å²) in [6.07, 6.45) is 7.25. The molecule has 0 saturated heterocycles. The van der Waals surface area contributed by atoms with Crippen LogP contribution in [0.5, 0.6) is 0 Å². The zero-order valence-corrected chi connectivity index (χ0v) is 17.1. The van der Waals surface area contributed by atoms with E-state index < -0.39 is 23.3 Å². The molecule has 3 aliphatic carbocycles. The number of hydrogen-bond donors (Lipinski definition) is 2. The van der Waals surface area contributed by atoms with Crippen molar-refractivity contribution in [2.24, 2.45) is 11.8 Å². The third-order valence-electron chi connectivity index (χ3n) is 7.05. The van der Waals surface area contributed by atoms with E-state index in [1.165, 1.54) is 25.1 Å². The lowest BCUT2D eigenvalue weighted by atomic mass is 9.68. The molecule has 2 aromatic heterocycles. The lowest BCUT2D eigenvalue weighted by Gasteiger charge is -2.43. The number of aromatic amines is 1. The molecule has 3 aliphatic rings. The minimum Gasteiger partial charge on any atom is -0.366 e. The van der Waals surface area contributed by atoms with Crippen LogP contribution in [-0.4, -0.2) is 21.0 Å². The summed E-state index contributed by atoms with van der Waals surface area (Å²) >= 11 is 0. The number of halogens is 4. The molecule has 3 saturated carbocycles. The van der Waals surface area contributed by atoms with E-state index in [0.717, 1.165) is 37.5 Å². The van der Waals surface area contributed by atoms with E-state index in [4.69, 9.17) is 0 Å². The molecule has 2 aromatic carbocycles. The van der Waals surface area contributed by atoms with Gasteiger partial charge in [0.05, 0.1) is 11.0 Å². The Morgan fingerprint density at radius 1 is 0.844 bits per heavy atom. The van der Waals surface area contributed by atoms with Gasteiger partial charge in [0.25, 0.3) is 0 Å². The lowest BCUT2D eigenvalue weighted by Crippen LogP contribution is -2.40. The fraction of sp³-hybridized carbons (Fsp3) is 0.333. The van der Waals surface area contributed by atoms with E-state index in [9.17, 15) is 17.6 Å². The topological polar surface area (TPSA) is 53.6 Å². The highest BCUT2D eigenvalue weighted by molar-refractivity contribution is 5.97. The van der Waals surface area contributed by atoms with E-state index in [0.29, 0.717) is 28.6 Å². The van der Waals surface area contributed by atoms with Gasteiger partial charge in [-0.2, -0.15) is 0 Å². The number of rotatable bonds is 3. The summed E-state index contributed by atoms with van der Waals surface area (Å²) in [4.78, 5) is 11.8. The van der Waals surface area contributed by atoms with Gasteiger partial charge in [-0.1, -0.05) is 12.8 Å². The number of anilines is 1. The van der Waals surface area contributed by atoms with E-state index in [1.54, 1.807) is 0 Å². The van der Waals surface area contributed by atoms with Gasteiger partial charge in [0.1, 0.15) is 17.5 Å². The Morgan fingerprint density at radius 3 is 2.38 bits per heavy atom. The summed E-state index contributed by atoms with van der Waals surface area (Å²) < 4.78 is 56.2. The Morgan fingerprint density at radius 2 is 1.62 bits per heavy atom. The summed E-state index contributed by atoms with van der Waals surface area (Å²) in [5.74, 6) is -1.66. The zero-order valence-electron chi connectivity index (χ0n) is 17.1. The number of fused-ring (bicyclic) bond motifs is 5. The summed E-state index contributed by atoms with van der Waals surface area (Å²) in [5.41, 5.74) is 0.747. The third kappa shape index (κ3) is 3.12. The normalized spacial score (nSPS) is 22.7. The molecule has 1 atom stereocenters. The smallest absolute Gasteiger partial charge is 0.164 e. The van der Waals surface area contributed by atoms with Crippen molar-refractivity contribution < 1.29 is 17.6 Å². The molecule has 2 bridgehead atoms. The SMILES string of the molecule is Fc1cc(F)c2[nH]cc(-c3nc(NC4CC5CCC4CC5)c4cc(F)c(F)cc4n3)c2c1. The molecule has 2 N–H and O–H groups in total. The van der Waals surface area contributed by atoms with Crippen LogP contribution in [0.4, 0.5) is 23.4 Å². The van der Waals surface area contributed by atoms with Crippen LogP contribution >= 0.6 is 0 Å². The van der Waals surface area contributed by atoms with Crippen molar-refractivity contribution in [1.82, 2.24) is 15.0 Å². The summed E-state index contributed by atoms with van der Waals surface area (Å²) in [7, 11) is 0. The van der Waals surface area contributed by atoms with E-state index in [2.05, 4.69) is 20.3 Å². The van der Waals surface area contributed by atoms with Gasteiger partial charge in [-0.05, 0) is 43.2 Å². The predicted octanol–water partition coefficient (Wildman–Crippen LogP) is 6.33. The summed E-state index contributed by atoms with van der Waals surface area (Å²) in [6.45, 7) is 0. The van der Waals surface area contributed by atoms with Crippen LogP contribution in [0.3, 0.4) is 0 Å². The van der Waals surface area contributed by atoms with Crippen LogP contribution in [-0.2, 0) is 0 Å². The monoisotopic (exact) mass is 440 g/mol. The fourth-order valence-electron chi connectivity index (χ4n) is 5.42. The predicted molar refractivity (Wildman–Crippen MR) is 114 cm³/mol. The first-order chi connectivity index (χ1) is 15.5. The minimum atomic E-state index is -1.01. The molecule has 3 fully saturated rings. The molecule has 4 nitrogen and oxygen atoms in total. The van der Waals surface area contributed by atoms with Crippen molar-refractivity contribution in [1.29, 1.82) is 0 Å². The maximum absolute atomic E-state index is 14.2. The highest BCUT2D eigenvalue weighted by Gasteiger charge is 2.36. The van der Waals surface area contributed by atoms with Crippen molar-refractivity contribution in [2.45, 2.75) is 38.1 Å². The maximum Gasteiger partial charge on any atom is 0.164 e. The highest BCUT2D eigenvalue weighted by atomic mass is 19.2. The second-order valence-electron chi connectivity index (χ2n) is 8.96. The van der Waals surface area contributed by atoms with Crippen molar-refractivity contribution in [2.75, 3.05) is 5.32 Å². The first kappa shape index (κ1) is 19.5. The second kappa shape index (κ2) is 7.18. The van der Waals surface area contributed by atoms with E-state index in [-0.39, 0.29) is 28.3 Å². The van der Waals surface area contributed by atoms with Crippen molar-refractivity contribution >= 4 is 27.6 Å². The number of nitrogens with one attached hydrogen (secondary N) is 2. The fourth-order valence-corrected chi connectivity index (χ4v) is 5.42. The lowest BCUT2D eigenvalue weighted by molar-refractivity contribution is 0.157. The van der Waals surface area contributed by atoms with Gasteiger partial charge in [-0.15, -0.1) is 0 Å². The van der Waals surface area contributed by atoms with E-state index in [1.807, 2.05) is 0 Å². The first-order valence-corrected chi connectivity index (χ1v) is 10.9. The molecule has 0 aliphatic heterocycles. The van der Waals surface area contributed by atoms with Crippen LogP contribution in [0.25, 0.3) is 33.2 Å². The average Bonchev–Trinajstić information content (AvgIpc) is 3.20. The van der Waals surface area contributed by atoms with Gasteiger partial charge in [0.2, 0.25) is 0 Å². The number of nitrogens with zero attached hydrogens (tertiary/aromatic N) is 2. The van der Waals surface area contributed by atoms with Gasteiger partial charge >= 0.3 is 0 Å². The number of benzene rings is 2. The molecule has 8 heteroatoms. The van der Waals surface area contributed by atoms with Crippen molar-refractivity contribution in [3.05, 3.63) is 53.7 Å². The van der Waals surface area contributed by atoms with Gasteiger partial charge in [0.15, 0.2) is 17.5 Å². The minimum absolute atomic E-state index is 0.134. The van der Waals surface area contributed by atoms with Gasteiger partial charge < -0.3 is 10.3 Å². The highest BCUT2D eigenvalue weighted by Crippen LogP contribution is 2.43. The largest absolute Gasteiger partial charge is 0.366 e. The molecule has 4 aromatic rings. The molecular formula is C24H20F4N4. The second-order valence-corrected chi connectivity index (χ2v) is 8.96. The molecule has 2 heterocycles. The Hall–Kier alpha value is -3.16. The molecular weight excluding hydrogens is 420 g/mol. The van der Waals surface area contributed by atoms with Gasteiger partial charge in [-0.3, -0.25) is 0 Å². The Balaban J connectivity index is 1.52. The molecule has 0 spiro atoms. The Labute approximate surface area is 181 Å². The molecule has 32 heavy (non-hydrogen) atoms. The number of H-pyrrole nitrogens is 1. The number of aromatic nitrogens is 3. The average molecular weight is 440 g/mol. The zero-order chi connectivity index (χ0) is 22.0. The van der Waals surface area contributed by atoms with Crippen LogP contribution < -0.4 is 5.32 Å². The first-order valence-electron chi connectivity index (χ1n) is 10.9. The maximum atomic E-state index is 14.2. The van der Waals surface area contributed by atoms with Gasteiger partial charge in [-0.25, -0.2) is 27.5 Å². The van der Waals surface area contributed by atoms with Crippen molar-refractivity contribution in [3.8, 4) is 11.4 Å².